The molecule has 1 saturated heterocycles. The SMILES string of the molecule is COc1ccc(C=NNC(=O)c2nnn(-c3nonc3N)c2CN2CCN(C)CC2)cc1CSc1nc2ccccc2o1. The molecule has 1 aliphatic heterocycles. The number of carbonyl (C=O) groups is 1. The van der Waals surface area contributed by atoms with E-state index in [0.29, 0.717) is 23.2 Å². The number of piperazine rings is 1. The smallest absolute Gasteiger partial charge is 0.293 e. The third-order valence-corrected chi connectivity index (χ3v) is 7.83. The number of methoxy groups -OCH3 is 1. The number of hydrogen-bond acceptors (Lipinski definition) is 14. The van der Waals surface area contributed by atoms with Crippen LogP contribution in [0, 0.1) is 0 Å². The Morgan fingerprint density at radius 1 is 1.19 bits per heavy atom. The minimum absolute atomic E-state index is 0.0408. The molecular weight excluding hydrogens is 574 g/mol. The number of anilines is 1. The Hall–Kier alpha value is -4.80. The number of hydrogen-bond donors (Lipinski definition) is 2. The Morgan fingerprint density at radius 2 is 2.02 bits per heavy atom. The molecule has 0 atom stereocenters. The van der Waals surface area contributed by atoms with E-state index in [-0.39, 0.29) is 17.3 Å². The number of oxazole rings is 1. The number of likely N-dealkylation sites (N-methyl/N-ethyl adjacent to an activating group) is 1. The fourth-order valence-corrected chi connectivity index (χ4v) is 5.42. The van der Waals surface area contributed by atoms with Crippen molar-refractivity contribution >= 4 is 40.8 Å². The van der Waals surface area contributed by atoms with Gasteiger partial charge in [-0.2, -0.15) is 9.78 Å². The predicted octanol–water partition coefficient (Wildman–Crippen LogP) is 2.19. The number of nitrogens with two attached hydrogens (primary N) is 1. The minimum atomic E-state index is -0.526. The van der Waals surface area contributed by atoms with Crippen LogP contribution in [0.15, 0.2) is 61.8 Å². The average molecular weight is 604 g/mol. The van der Waals surface area contributed by atoms with Crippen molar-refractivity contribution in [2.75, 3.05) is 46.1 Å². The minimum Gasteiger partial charge on any atom is -0.496 e. The van der Waals surface area contributed by atoms with Crippen LogP contribution in [0.5, 0.6) is 5.75 Å². The van der Waals surface area contributed by atoms with Gasteiger partial charge in [0.15, 0.2) is 11.3 Å². The number of nitrogens with zero attached hydrogens (tertiary/aromatic N) is 9. The number of amides is 1. The molecular formula is C27H29N11O4S. The number of carbonyl (C=O) groups excluding carboxylic acids is 1. The van der Waals surface area contributed by atoms with Gasteiger partial charge < -0.3 is 19.8 Å². The fourth-order valence-electron chi connectivity index (χ4n) is 4.61. The lowest BCUT2D eigenvalue weighted by Gasteiger charge is -2.32. The van der Waals surface area contributed by atoms with Gasteiger partial charge >= 0.3 is 0 Å². The van der Waals surface area contributed by atoms with Gasteiger partial charge in [0.2, 0.25) is 11.6 Å². The van der Waals surface area contributed by atoms with Crippen molar-refractivity contribution in [3.8, 4) is 11.6 Å². The molecule has 222 valence electrons. The molecule has 16 heteroatoms. The van der Waals surface area contributed by atoms with Crippen LogP contribution in [0.4, 0.5) is 5.82 Å². The number of rotatable bonds is 10. The zero-order chi connectivity index (χ0) is 29.8. The second-order valence-corrected chi connectivity index (χ2v) is 10.8. The van der Waals surface area contributed by atoms with E-state index >= 15 is 0 Å². The van der Waals surface area contributed by atoms with Crippen LogP contribution in [-0.4, -0.2) is 92.5 Å². The van der Waals surface area contributed by atoms with Gasteiger partial charge in [-0.05, 0) is 53.3 Å². The number of para-hydroxylation sites is 2. The highest BCUT2D eigenvalue weighted by molar-refractivity contribution is 7.98. The Kier molecular flexibility index (Phi) is 8.30. The fraction of sp³-hybridized carbons (Fsp3) is 0.296. The maximum atomic E-state index is 13.2. The van der Waals surface area contributed by atoms with Gasteiger partial charge in [0, 0.05) is 44.0 Å². The van der Waals surface area contributed by atoms with E-state index in [4.69, 9.17) is 19.5 Å². The van der Waals surface area contributed by atoms with Gasteiger partial charge in [-0.15, -0.1) is 5.10 Å². The maximum absolute atomic E-state index is 13.2. The van der Waals surface area contributed by atoms with Crippen molar-refractivity contribution in [2.24, 2.45) is 5.10 Å². The summed E-state index contributed by atoms with van der Waals surface area (Å²) in [5.74, 6) is 0.959. The van der Waals surface area contributed by atoms with Gasteiger partial charge in [0.1, 0.15) is 11.3 Å². The van der Waals surface area contributed by atoms with E-state index in [9.17, 15) is 4.79 Å². The summed E-state index contributed by atoms with van der Waals surface area (Å²) in [5.41, 5.74) is 12.3. The van der Waals surface area contributed by atoms with Crippen LogP contribution in [0.2, 0.25) is 0 Å². The second kappa shape index (κ2) is 12.6. The largest absolute Gasteiger partial charge is 0.496 e. The van der Waals surface area contributed by atoms with Crippen molar-refractivity contribution in [2.45, 2.75) is 17.5 Å². The van der Waals surface area contributed by atoms with Crippen molar-refractivity contribution in [1.29, 1.82) is 0 Å². The molecule has 1 fully saturated rings. The first-order valence-electron chi connectivity index (χ1n) is 13.4. The topological polar surface area (TPSA) is 179 Å². The molecule has 2 aromatic carbocycles. The number of nitrogen functional groups attached to an aromatic ring is 1. The van der Waals surface area contributed by atoms with Crippen molar-refractivity contribution < 1.29 is 18.6 Å². The number of hydrazone groups is 1. The highest BCUT2D eigenvalue weighted by Gasteiger charge is 2.26. The molecule has 4 heterocycles. The van der Waals surface area contributed by atoms with Gasteiger partial charge in [-0.3, -0.25) is 9.69 Å². The summed E-state index contributed by atoms with van der Waals surface area (Å²) in [6.07, 6.45) is 1.55. The Morgan fingerprint density at radius 3 is 2.79 bits per heavy atom. The molecule has 3 aromatic heterocycles. The predicted molar refractivity (Wildman–Crippen MR) is 158 cm³/mol. The van der Waals surface area contributed by atoms with Gasteiger partial charge in [0.25, 0.3) is 11.1 Å². The molecule has 0 unspecified atom stereocenters. The summed E-state index contributed by atoms with van der Waals surface area (Å²) >= 11 is 1.46. The molecule has 1 aliphatic rings. The van der Waals surface area contributed by atoms with E-state index < -0.39 is 5.91 Å². The van der Waals surface area contributed by atoms with Crippen LogP contribution in [-0.2, 0) is 12.3 Å². The molecule has 5 aromatic rings. The number of fused-ring (bicyclic) bond motifs is 1. The monoisotopic (exact) mass is 603 g/mol. The number of nitrogens with one attached hydrogen (secondary N) is 1. The summed E-state index contributed by atoms with van der Waals surface area (Å²) in [6.45, 7) is 3.84. The number of ether oxygens (including phenoxy) is 1. The van der Waals surface area contributed by atoms with E-state index in [2.05, 4.69) is 53.0 Å². The summed E-state index contributed by atoms with van der Waals surface area (Å²) in [4.78, 5) is 22.2. The molecule has 0 aliphatic carbocycles. The van der Waals surface area contributed by atoms with E-state index in [1.54, 1.807) is 13.3 Å². The van der Waals surface area contributed by atoms with Crippen LogP contribution in [0.1, 0.15) is 27.3 Å². The van der Waals surface area contributed by atoms with Crippen molar-refractivity contribution in [3.05, 3.63) is 65.0 Å². The lowest BCUT2D eigenvalue weighted by molar-refractivity contribution is 0.0946. The molecule has 0 bridgehead atoms. The first kappa shape index (κ1) is 28.3. The molecule has 43 heavy (non-hydrogen) atoms. The van der Waals surface area contributed by atoms with Crippen LogP contribution in [0.3, 0.4) is 0 Å². The molecule has 3 N–H and O–H groups in total. The number of aromatic nitrogens is 6. The quantitative estimate of drug-likeness (QED) is 0.135. The molecule has 1 amide bonds. The van der Waals surface area contributed by atoms with E-state index in [0.717, 1.165) is 54.2 Å². The van der Waals surface area contributed by atoms with Crippen LogP contribution < -0.4 is 15.9 Å². The zero-order valence-corrected chi connectivity index (χ0v) is 24.3. The summed E-state index contributed by atoms with van der Waals surface area (Å²) < 4.78 is 17.5. The second-order valence-electron chi connectivity index (χ2n) is 9.86. The highest BCUT2D eigenvalue weighted by Crippen LogP contribution is 2.30. The van der Waals surface area contributed by atoms with Crippen LogP contribution in [0.25, 0.3) is 16.9 Å². The Bertz CT molecular complexity index is 1720. The lowest BCUT2D eigenvalue weighted by atomic mass is 10.1. The van der Waals surface area contributed by atoms with Gasteiger partial charge in [-0.1, -0.05) is 29.1 Å². The van der Waals surface area contributed by atoms with Gasteiger partial charge in [0.05, 0.1) is 19.0 Å². The summed E-state index contributed by atoms with van der Waals surface area (Å²) in [5, 5.41) is 20.4. The van der Waals surface area contributed by atoms with E-state index in [1.807, 2.05) is 42.5 Å². The Labute approximate surface area is 250 Å². The highest BCUT2D eigenvalue weighted by atomic mass is 32.2. The zero-order valence-electron chi connectivity index (χ0n) is 23.5. The third kappa shape index (κ3) is 6.35. The first-order chi connectivity index (χ1) is 21.0. The third-order valence-electron chi connectivity index (χ3n) is 6.95. The normalized spacial score (nSPS) is 14.6. The van der Waals surface area contributed by atoms with Crippen LogP contribution >= 0.6 is 11.8 Å². The molecule has 15 nitrogen and oxygen atoms in total. The van der Waals surface area contributed by atoms with Crippen molar-refractivity contribution in [3.63, 3.8) is 0 Å². The molecule has 0 radical (unpaired) electrons. The van der Waals surface area contributed by atoms with E-state index in [1.165, 1.54) is 16.4 Å². The average Bonchev–Trinajstić information content (AvgIpc) is 3.75. The Balaban J connectivity index is 1.16. The maximum Gasteiger partial charge on any atom is 0.293 e. The molecule has 6 rings (SSSR count). The summed E-state index contributed by atoms with van der Waals surface area (Å²) in [6, 6.07) is 13.2. The number of benzene rings is 2. The van der Waals surface area contributed by atoms with Crippen molar-refractivity contribution in [1.82, 2.24) is 45.5 Å². The first-order valence-corrected chi connectivity index (χ1v) is 14.4. The summed E-state index contributed by atoms with van der Waals surface area (Å²) in [7, 11) is 3.69. The number of thioether (sulfide) groups is 1. The molecule has 0 saturated carbocycles. The standard InChI is InChI=1S/C27H29N11O4S/c1-36-9-11-37(12-10-36)15-20-23(31-35-38(20)25-24(28)33-42-34-25)26(39)32-29-14-17-7-8-21(40-2)18(13-17)16-43-27-30-19-5-3-4-6-22(19)41-27/h3-8,13-14H,9-12,15-16H2,1-2H3,(H2,28,33)(H,32,39). The molecule has 0 spiro atoms. The lowest BCUT2D eigenvalue weighted by Crippen LogP contribution is -2.44. The van der Waals surface area contributed by atoms with Gasteiger partial charge in [-0.25, -0.2) is 15.0 Å².